The van der Waals surface area contributed by atoms with Gasteiger partial charge in [-0.2, -0.15) is 0 Å². The number of rotatable bonds is 6. The van der Waals surface area contributed by atoms with E-state index < -0.39 is 10.0 Å². The molecule has 5 nitrogen and oxygen atoms in total. The molecule has 6 heteroatoms. The average molecular weight is 394 g/mol. The third-order valence-corrected chi connectivity index (χ3v) is 5.85. The highest BCUT2D eigenvalue weighted by molar-refractivity contribution is 7.92. The number of carbonyl (C=O) groups is 1. The number of hydrogen-bond donors (Lipinski definition) is 2. The van der Waals surface area contributed by atoms with Gasteiger partial charge in [0.15, 0.2) is 0 Å². The maximum Gasteiger partial charge on any atom is 0.261 e. The molecule has 0 bridgehead atoms. The summed E-state index contributed by atoms with van der Waals surface area (Å²) in [6.07, 6.45) is 0. The Balaban J connectivity index is 1.69. The number of carbonyl (C=O) groups excluding carboxylic acids is 1. The lowest BCUT2D eigenvalue weighted by molar-refractivity contribution is 0.0940. The van der Waals surface area contributed by atoms with Crippen LogP contribution in [0.1, 0.15) is 34.5 Å². The van der Waals surface area contributed by atoms with Crippen LogP contribution in [0.2, 0.25) is 0 Å². The van der Waals surface area contributed by atoms with Gasteiger partial charge < -0.3 is 5.32 Å². The fourth-order valence-corrected chi connectivity index (χ4v) is 4.01. The fourth-order valence-electron chi connectivity index (χ4n) is 2.93. The van der Waals surface area contributed by atoms with Crippen molar-refractivity contribution in [2.75, 3.05) is 4.72 Å². The average Bonchev–Trinajstić information content (AvgIpc) is 2.69. The molecule has 3 rings (SSSR count). The van der Waals surface area contributed by atoms with Crippen molar-refractivity contribution in [3.05, 3.63) is 95.6 Å². The summed E-state index contributed by atoms with van der Waals surface area (Å²) in [6, 6.07) is 22.3. The van der Waals surface area contributed by atoms with Gasteiger partial charge >= 0.3 is 0 Å². The molecule has 0 aromatic heterocycles. The second-order valence-corrected chi connectivity index (χ2v) is 8.23. The first-order chi connectivity index (χ1) is 13.4. The van der Waals surface area contributed by atoms with E-state index in [0.29, 0.717) is 11.3 Å². The molecule has 1 amide bonds. The largest absolute Gasteiger partial charge is 0.346 e. The number of hydrogen-bond acceptors (Lipinski definition) is 3. The lowest BCUT2D eigenvalue weighted by Crippen LogP contribution is -2.27. The molecule has 2 N–H and O–H groups in total. The minimum Gasteiger partial charge on any atom is -0.346 e. The molecule has 0 saturated carbocycles. The van der Waals surface area contributed by atoms with Gasteiger partial charge in [-0.3, -0.25) is 9.52 Å². The molecular weight excluding hydrogens is 372 g/mol. The highest BCUT2D eigenvalue weighted by Gasteiger charge is 2.15. The smallest absolute Gasteiger partial charge is 0.261 e. The molecule has 0 saturated heterocycles. The van der Waals surface area contributed by atoms with Crippen molar-refractivity contribution in [1.29, 1.82) is 0 Å². The van der Waals surface area contributed by atoms with Gasteiger partial charge in [0.1, 0.15) is 0 Å². The van der Waals surface area contributed by atoms with Crippen molar-refractivity contribution in [2.45, 2.75) is 24.8 Å². The standard InChI is InChI=1S/C22H22N2O3S/c1-16-8-6-7-11-21(16)17(2)23-22(25)18-12-14-19(15-13-18)24-28(26,27)20-9-4-3-5-10-20/h3-15,17,24H,1-2H3,(H,23,25). The molecule has 0 aliphatic heterocycles. The molecule has 144 valence electrons. The van der Waals surface area contributed by atoms with E-state index in [0.717, 1.165) is 11.1 Å². The van der Waals surface area contributed by atoms with Crippen LogP contribution in [0, 0.1) is 6.92 Å². The van der Waals surface area contributed by atoms with E-state index in [1.165, 1.54) is 12.1 Å². The monoisotopic (exact) mass is 394 g/mol. The zero-order chi connectivity index (χ0) is 20.1. The Morgan fingerprint density at radius 1 is 0.857 bits per heavy atom. The molecule has 0 aliphatic carbocycles. The minimum atomic E-state index is -3.66. The SMILES string of the molecule is Cc1ccccc1C(C)NC(=O)c1ccc(NS(=O)(=O)c2ccccc2)cc1. The molecule has 0 heterocycles. The van der Waals surface area contributed by atoms with Crippen LogP contribution in [0.25, 0.3) is 0 Å². The molecule has 1 atom stereocenters. The predicted molar refractivity (Wildman–Crippen MR) is 111 cm³/mol. The van der Waals surface area contributed by atoms with Crippen LogP contribution in [0.15, 0.2) is 83.8 Å². The Kier molecular flexibility index (Phi) is 5.80. The summed E-state index contributed by atoms with van der Waals surface area (Å²) in [6.45, 7) is 3.94. The van der Waals surface area contributed by atoms with Crippen molar-refractivity contribution in [3.63, 3.8) is 0 Å². The third kappa shape index (κ3) is 4.58. The van der Waals surface area contributed by atoms with Crippen molar-refractivity contribution in [2.24, 2.45) is 0 Å². The van der Waals surface area contributed by atoms with Gasteiger partial charge in [0.25, 0.3) is 15.9 Å². The normalized spacial score (nSPS) is 12.2. The van der Waals surface area contributed by atoms with Gasteiger partial charge in [0.05, 0.1) is 10.9 Å². The summed E-state index contributed by atoms with van der Waals surface area (Å²) in [4.78, 5) is 12.7. The highest BCUT2D eigenvalue weighted by Crippen LogP contribution is 2.19. The summed E-state index contributed by atoms with van der Waals surface area (Å²) in [5.74, 6) is -0.215. The zero-order valence-corrected chi connectivity index (χ0v) is 16.5. The predicted octanol–water partition coefficient (Wildman–Crippen LogP) is 4.29. The van der Waals surface area contributed by atoms with Gasteiger partial charge in [-0.1, -0.05) is 42.5 Å². The van der Waals surface area contributed by atoms with Gasteiger partial charge in [-0.05, 0) is 61.4 Å². The lowest BCUT2D eigenvalue weighted by atomic mass is 10.0. The van der Waals surface area contributed by atoms with E-state index in [-0.39, 0.29) is 16.8 Å². The van der Waals surface area contributed by atoms with Crippen molar-refractivity contribution in [3.8, 4) is 0 Å². The summed E-state index contributed by atoms with van der Waals surface area (Å²) >= 11 is 0. The van der Waals surface area contributed by atoms with Crippen LogP contribution in [0.5, 0.6) is 0 Å². The first kappa shape index (κ1) is 19.6. The van der Waals surface area contributed by atoms with E-state index in [4.69, 9.17) is 0 Å². The Hall–Kier alpha value is -3.12. The van der Waals surface area contributed by atoms with Crippen molar-refractivity contribution >= 4 is 21.6 Å². The zero-order valence-electron chi connectivity index (χ0n) is 15.7. The Morgan fingerprint density at radius 3 is 2.11 bits per heavy atom. The third-order valence-electron chi connectivity index (χ3n) is 4.46. The second kappa shape index (κ2) is 8.27. The van der Waals surface area contributed by atoms with Crippen LogP contribution < -0.4 is 10.0 Å². The number of aryl methyl sites for hydroxylation is 1. The van der Waals surface area contributed by atoms with Crippen LogP contribution in [0.3, 0.4) is 0 Å². The highest BCUT2D eigenvalue weighted by atomic mass is 32.2. The van der Waals surface area contributed by atoms with E-state index in [1.54, 1.807) is 42.5 Å². The molecule has 0 radical (unpaired) electrons. The Labute approximate surface area is 165 Å². The van der Waals surface area contributed by atoms with Crippen molar-refractivity contribution < 1.29 is 13.2 Å². The number of amides is 1. The number of benzene rings is 3. The van der Waals surface area contributed by atoms with Crippen LogP contribution in [-0.4, -0.2) is 14.3 Å². The molecule has 28 heavy (non-hydrogen) atoms. The van der Waals surface area contributed by atoms with Gasteiger partial charge in [-0.15, -0.1) is 0 Å². The first-order valence-electron chi connectivity index (χ1n) is 8.91. The fraction of sp³-hybridized carbons (Fsp3) is 0.136. The van der Waals surface area contributed by atoms with Crippen LogP contribution in [-0.2, 0) is 10.0 Å². The molecular formula is C22H22N2O3S. The maximum absolute atomic E-state index is 12.5. The Bertz CT molecular complexity index is 1060. The molecule has 0 fully saturated rings. The molecule has 0 spiro atoms. The van der Waals surface area contributed by atoms with E-state index in [9.17, 15) is 13.2 Å². The van der Waals surface area contributed by atoms with E-state index in [2.05, 4.69) is 10.0 Å². The molecule has 3 aromatic rings. The quantitative estimate of drug-likeness (QED) is 0.655. The van der Waals surface area contributed by atoms with Gasteiger partial charge in [-0.25, -0.2) is 8.42 Å². The maximum atomic E-state index is 12.5. The Morgan fingerprint density at radius 2 is 1.46 bits per heavy atom. The van der Waals surface area contributed by atoms with Gasteiger partial charge in [0.2, 0.25) is 0 Å². The van der Waals surface area contributed by atoms with Crippen LogP contribution >= 0.6 is 0 Å². The summed E-state index contributed by atoms with van der Waals surface area (Å²) in [5.41, 5.74) is 3.03. The second-order valence-electron chi connectivity index (χ2n) is 6.55. The van der Waals surface area contributed by atoms with Crippen LogP contribution in [0.4, 0.5) is 5.69 Å². The van der Waals surface area contributed by atoms with E-state index >= 15 is 0 Å². The number of sulfonamides is 1. The summed E-state index contributed by atoms with van der Waals surface area (Å²) < 4.78 is 27.2. The molecule has 1 unspecified atom stereocenters. The number of anilines is 1. The van der Waals surface area contributed by atoms with E-state index in [1.807, 2.05) is 38.1 Å². The lowest BCUT2D eigenvalue weighted by Gasteiger charge is -2.16. The molecule has 0 aliphatic rings. The molecule has 3 aromatic carbocycles. The number of nitrogens with one attached hydrogen (secondary N) is 2. The first-order valence-corrected chi connectivity index (χ1v) is 10.4. The minimum absolute atomic E-state index is 0.134. The summed E-state index contributed by atoms with van der Waals surface area (Å²) in [5, 5.41) is 2.97. The van der Waals surface area contributed by atoms with Crippen molar-refractivity contribution in [1.82, 2.24) is 5.32 Å². The topological polar surface area (TPSA) is 75.3 Å². The summed E-state index contributed by atoms with van der Waals surface area (Å²) in [7, 11) is -3.66. The van der Waals surface area contributed by atoms with Gasteiger partial charge in [0, 0.05) is 11.3 Å².